The summed E-state index contributed by atoms with van der Waals surface area (Å²) in [7, 11) is 0. The predicted octanol–water partition coefficient (Wildman–Crippen LogP) is 2.64. The van der Waals surface area contributed by atoms with Gasteiger partial charge in [-0.3, -0.25) is 9.89 Å². The van der Waals surface area contributed by atoms with E-state index in [1.54, 1.807) is 17.0 Å². The number of furan rings is 1. The Morgan fingerprint density at radius 2 is 2.08 bits per heavy atom. The van der Waals surface area contributed by atoms with Gasteiger partial charge in [-0.1, -0.05) is 19.1 Å². The van der Waals surface area contributed by atoms with E-state index in [1.807, 2.05) is 35.0 Å². The molecule has 1 aromatic carbocycles. The van der Waals surface area contributed by atoms with Crippen molar-refractivity contribution in [3.8, 4) is 11.6 Å². The standard InChI is InChI=1S/C17H17N5O2/c1-2-9-21-15(18-16(20-21)14-8-5-10-24-14)11-22-17(23)12-6-3-4-7-13(12)19-22/h3-8,10,19H,2,9,11H2,1H3. The van der Waals surface area contributed by atoms with Crippen LogP contribution in [0.1, 0.15) is 19.2 Å². The van der Waals surface area contributed by atoms with Crippen LogP contribution in [-0.2, 0) is 13.1 Å². The molecule has 0 bridgehead atoms. The third-order valence-corrected chi connectivity index (χ3v) is 3.88. The highest BCUT2D eigenvalue weighted by atomic mass is 16.3. The Balaban J connectivity index is 1.75. The van der Waals surface area contributed by atoms with Crippen molar-refractivity contribution >= 4 is 10.9 Å². The van der Waals surface area contributed by atoms with Crippen molar-refractivity contribution in [3.05, 3.63) is 58.8 Å². The van der Waals surface area contributed by atoms with Crippen LogP contribution in [0.4, 0.5) is 0 Å². The van der Waals surface area contributed by atoms with Gasteiger partial charge in [-0.05, 0) is 30.7 Å². The highest BCUT2D eigenvalue weighted by molar-refractivity contribution is 5.77. The second kappa shape index (κ2) is 5.84. The zero-order chi connectivity index (χ0) is 16.5. The lowest BCUT2D eigenvalue weighted by Gasteiger charge is -2.04. The molecule has 0 radical (unpaired) electrons. The molecule has 0 spiro atoms. The maximum atomic E-state index is 12.5. The van der Waals surface area contributed by atoms with Crippen LogP contribution in [0.3, 0.4) is 0 Å². The summed E-state index contributed by atoms with van der Waals surface area (Å²) in [6, 6.07) is 11.1. The second-order valence-electron chi connectivity index (χ2n) is 5.60. The zero-order valence-corrected chi connectivity index (χ0v) is 13.3. The first kappa shape index (κ1) is 14.5. The molecule has 1 N–H and O–H groups in total. The van der Waals surface area contributed by atoms with Gasteiger partial charge in [-0.25, -0.2) is 14.3 Å². The van der Waals surface area contributed by atoms with Gasteiger partial charge in [-0.15, -0.1) is 5.10 Å². The SMILES string of the molecule is CCCn1nc(-c2ccco2)nc1Cn1[nH]c2ccccc2c1=O. The number of nitrogens with zero attached hydrogens (tertiary/aromatic N) is 4. The third-order valence-electron chi connectivity index (χ3n) is 3.88. The van der Waals surface area contributed by atoms with Crippen LogP contribution >= 0.6 is 0 Å². The van der Waals surface area contributed by atoms with E-state index in [1.165, 1.54) is 0 Å². The van der Waals surface area contributed by atoms with Gasteiger partial charge in [-0.2, -0.15) is 0 Å². The zero-order valence-electron chi connectivity index (χ0n) is 13.3. The number of fused-ring (bicyclic) bond motifs is 1. The van der Waals surface area contributed by atoms with E-state index in [9.17, 15) is 4.79 Å². The van der Waals surface area contributed by atoms with Gasteiger partial charge in [0, 0.05) is 6.54 Å². The Bertz CT molecular complexity index is 1020. The number of hydrogen-bond donors (Lipinski definition) is 1. The van der Waals surface area contributed by atoms with E-state index < -0.39 is 0 Å². The number of H-pyrrole nitrogens is 1. The fraction of sp³-hybridized carbons (Fsp3) is 0.235. The Morgan fingerprint density at radius 3 is 2.83 bits per heavy atom. The molecule has 4 rings (SSSR count). The van der Waals surface area contributed by atoms with Crippen molar-refractivity contribution in [3.63, 3.8) is 0 Å². The predicted molar refractivity (Wildman–Crippen MR) is 89.7 cm³/mol. The summed E-state index contributed by atoms with van der Waals surface area (Å²) in [6.07, 6.45) is 2.52. The Hall–Kier alpha value is -3.09. The molecule has 0 saturated heterocycles. The van der Waals surface area contributed by atoms with Gasteiger partial charge in [0.15, 0.2) is 5.76 Å². The van der Waals surface area contributed by atoms with Gasteiger partial charge in [0.05, 0.1) is 17.2 Å². The summed E-state index contributed by atoms with van der Waals surface area (Å²) < 4.78 is 8.76. The number of aromatic nitrogens is 5. The molecule has 24 heavy (non-hydrogen) atoms. The van der Waals surface area contributed by atoms with E-state index in [2.05, 4.69) is 22.1 Å². The Kier molecular flexibility index (Phi) is 3.53. The van der Waals surface area contributed by atoms with Crippen molar-refractivity contribution in [2.75, 3.05) is 0 Å². The molecule has 0 aliphatic rings. The number of hydrogen-bond acceptors (Lipinski definition) is 4. The number of aromatic amines is 1. The fourth-order valence-corrected chi connectivity index (χ4v) is 2.75. The summed E-state index contributed by atoms with van der Waals surface area (Å²) in [5, 5.41) is 8.30. The molecule has 7 nitrogen and oxygen atoms in total. The van der Waals surface area contributed by atoms with Crippen LogP contribution in [0.15, 0.2) is 51.9 Å². The highest BCUT2D eigenvalue weighted by Gasteiger charge is 2.15. The molecular formula is C17H17N5O2. The number of aryl methyl sites for hydroxylation is 1. The molecule has 0 atom stereocenters. The second-order valence-corrected chi connectivity index (χ2v) is 5.60. The smallest absolute Gasteiger partial charge is 0.274 e. The first-order chi connectivity index (χ1) is 11.8. The van der Waals surface area contributed by atoms with Crippen molar-refractivity contribution in [2.45, 2.75) is 26.4 Å². The molecule has 0 unspecified atom stereocenters. The Labute approximate surface area is 137 Å². The quantitative estimate of drug-likeness (QED) is 0.612. The minimum absolute atomic E-state index is 0.0591. The largest absolute Gasteiger partial charge is 0.461 e. The fourth-order valence-electron chi connectivity index (χ4n) is 2.75. The lowest BCUT2D eigenvalue weighted by atomic mass is 10.3. The molecule has 0 aliphatic carbocycles. The number of benzene rings is 1. The average Bonchev–Trinajstić information content (AvgIpc) is 3.30. The minimum Gasteiger partial charge on any atom is -0.461 e. The van der Waals surface area contributed by atoms with Crippen LogP contribution in [0.5, 0.6) is 0 Å². The molecular weight excluding hydrogens is 306 g/mol. The van der Waals surface area contributed by atoms with Crippen molar-refractivity contribution in [2.24, 2.45) is 0 Å². The Morgan fingerprint density at radius 1 is 1.21 bits per heavy atom. The molecule has 3 heterocycles. The number of nitrogens with one attached hydrogen (secondary N) is 1. The molecule has 122 valence electrons. The third kappa shape index (κ3) is 2.44. The van der Waals surface area contributed by atoms with Crippen LogP contribution < -0.4 is 5.56 Å². The van der Waals surface area contributed by atoms with E-state index in [0.717, 1.165) is 24.3 Å². The van der Waals surface area contributed by atoms with Gasteiger partial charge in [0.1, 0.15) is 12.4 Å². The van der Waals surface area contributed by atoms with Crippen LogP contribution in [0, 0.1) is 0 Å². The van der Waals surface area contributed by atoms with E-state index in [4.69, 9.17) is 4.42 Å². The summed E-state index contributed by atoms with van der Waals surface area (Å²) in [6.45, 7) is 3.15. The van der Waals surface area contributed by atoms with E-state index in [0.29, 0.717) is 23.5 Å². The molecule has 4 aromatic rings. The summed E-state index contributed by atoms with van der Waals surface area (Å²) in [5.41, 5.74) is 0.756. The first-order valence-electron chi connectivity index (χ1n) is 7.91. The summed E-state index contributed by atoms with van der Waals surface area (Å²) in [5.74, 6) is 1.87. The summed E-state index contributed by atoms with van der Waals surface area (Å²) >= 11 is 0. The van der Waals surface area contributed by atoms with Gasteiger partial charge in [0.25, 0.3) is 5.56 Å². The highest BCUT2D eigenvalue weighted by Crippen LogP contribution is 2.17. The number of rotatable bonds is 5. The van der Waals surface area contributed by atoms with E-state index >= 15 is 0 Å². The molecule has 0 amide bonds. The molecule has 3 aromatic heterocycles. The molecule has 0 aliphatic heterocycles. The average molecular weight is 323 g/mol. The molecule has 0 fully saturated rings. The first-order valence-corrected chi connectivity index (χ1v) is 7.91. The lowest BCUT2D eigenvalue weighted by Crippen LogP contribution is -2.20. The maximum Gasteiger partial charge on any atom is 0.274 e. The van der Waals surface area contributed by atoms with Crippen LogP contribution in [0.2, 0.25) is 0 Å². The lowest BCUT2D eigenvalue weighted by molar-refractivity contribution is 0.534. The van der Waals surface area contributed by atoms with Crippen LogP contribution in [-0.4, -0.2) is 24.5 Å². The summed E-state index contributed by atoms with van der Waals surface area (Å²) in [4.78, 5) is 17.0. The van der Waals surface area contributed by atoms with Crippen molar-refractivity contribution in [1.82, 2.24) is 24.5 Å². The normalized spacial score (nSPS) is 11.4. The topological polar surface area (TPSA) is 81.6 Å². The molecule has 7 heteroatoms. The number of para-hydroxylation sites is 1. The maximum absolute atomic E-state index is 12.5. The van der Waals surface area contributed by atoms with Crippen molar-refractivity contribution in [1.29, 1.82) is 0 Å². The molecule has 0 saturated carbocycles. The van der Waals surface area contributed by atoms with Gasteiger partial charge >= 0.3 is 0 Å². The van der Waals surface area contributed by atoms with Gasteiger partial charge < -0.3 is 4.42 Å². The van der Waals surface area contributed by atoms with Gasteiger partial charge in [0.2, 0.25) is 5.82 Å². The van der Waals surface area contributed by atoms with E-state index in [-0.39, 0.29) is 5.56 Å². The van der Waals surface area contributed by atoms with Crippen molar-refractivity contribution < 1.29 is 4.42 Å². The van der Waals surface area contributed by atoms with Crippen LogP contribution in [0.25, 0.3) is 22.5 Å². The minimum atomic E-state index is -0.0591. The monoisotopic (exact) mass is 323 g/mol.